The first-order chi connectivity index (χ1) is 20.7. The van der Waals surface area contributed by atoms with E-state index in [-0.39, 0.29) is 4.90 Å². The molecule has 6 aromatic rings. The van der Waals surface area contributed by atoms with Gasteiger partial charge in [0.2, 0.25) is 5.52 Å². The molecule has 0 N–H and O–H groups in total. The molecule has 0 spiro atoms. The molecule has 0 bridgehead atoms. The van der Waals surface area contributed by atoms with E-state index in [9.17, 15) is 13.0 Å². The van der Waals surface area contributed by atoms with Gasteiger partial charge in [-0.2, -0.15) is 22.1 Å². The highest BCUT2D eigenvalue weighted by Crippen LogP contribution is 2.49. The summed E-state index contributed by atoms with van der Waals surface area (Å²) in [6.45, 7) is 7.14. The lowest BCUT2D eigenvalue weighted by molar-refractivity contribution is -0.642. The maximum atomic E-state index is 10.4. The number of rotatable bonds is 5. The van der Waals surface area contributed by atoms with Crippen molar-refractivity contribution >= 4 is 101 Å². The minimum absolute atomic E-state index is 0.178. The average Bonchev–Trinajstić information content (AvgIpc) is 3.77. The Morgan fingerprint density at radius 1 is 0.953 bits per heavy atom. The van der Waals surface area contributed by atoms with Crippen LogP contribution >= 0.6 is 46.6 Å². The number of allylic oxidation sites excluding steroid dienone is 2. The summed E-state index contributed by atoms with van der Waals surface area (Å²) in [5, 5.41) is 2.45. The van der Waals surface area contributed by atoms with Crippen molar-refractivity contribution in [3.63, 3.8) is 0 Å². The third kappa shape index (κ3) is 5.82. The van der Waals surface area contributed by atoms with Crippen molar-refractivity contribution in [1.29, 1.82) is 0 Å². The quantitative estimate of drug-likeness (QED) is 0.143. The molecule has 7 rings (SSSR count). The number of anilines is 1. The Hall–Kier alpha value is -3.27. The highest BCUT2D eigenvalue weighted by atomic mass is 32.2. The van der Waals surface area contributed by atoms with Crippen molar-refractivity contribution in [2.24, 2.45) is 7.05 Å². The molecule has 0 radical (unpaired) electrons. The minimum atomic E-state index is -4.27. The van der Waals surface area contributed by atoms with E-state index < -0.39 is 10.1 Å². The molecule has 0 amide bonds. The van der Waals surface area contributed by atoms with E-state index >= 15 is 0 Å². The first-order valence-corrected chi connectivity index (χ1v) is 17.9. The molecule has 0 atom stereocenters. The molecular formula is C29H26N6O3S5. The number of thioether (sulfide) groups is 1. The summed E-state index contributed by atoms with van der Waals surface area (Å²) in [5.74, 6) is 0. The topological polar surface area (TPSA) is 116 Å². The van der Waals surface area contributed by atoms with Crippen LogP contribution in [0.2, 0.25) is 0 Å². The molecule has 0 saturated heterocycles. The maximum Gasteiger partial charge on any atom is 0.262 e. The summed E-state index contributed by atoms with van der Waals surface area (Å²) in [5.41, 5.74) is 8.61. The predicted molar refractivity (Wildman–Crippen MR) is 176 cm³/mol. The number of fused-ring (bicyclic) bond motifs is 6. The van der Waals surface area contributed by atoms with Crippen molar-refractivity contribution in [1.82, 2.24) is 17.5 Å². The van der Waals surface area contributed by atoms with Crippen LogP contribution < -0.4 is 9.47 Å². The summed E-state index contributed by atoms with van der Waals surface area (Å²) >= 11 is 6.14. The van der Waals surface area contributed by atoms with Gasteiger partial charge in [0.15, 0.2) is 0 Å². The van der Waals surface area contributed by atoms with Crippen LogP contribution in [0.5, 0.6) is 0 Å². The lowest BCUT2D eigenvalue weighted by Gasteiger charge is -2.18. The van der Waals surface area contributed by atoms with Gasteiger partial charge in [-0.25, -0.2) is 8.42 Å². The zero-order chi connectivity index (χ0) is 30.3. The Morgan fingerprint density at radius 3 is 2.30 bits per heavy atom. The van der Waals surface area contributed by atoms with Crippen LogP contribution in [0.3, 0.4) is 0 Å². The van der Waals surface area contributed by atoms with E-state index in [0.717, 1.165) is 40.6 Å². The number of benzene rings is 3. The van der Waals surface area contributed by atoms with Gasteiger partial charge in [-0.1, -0.05) is 47.7 Å². The van der Waals surface area contributed by atoms with Crippen molar-refractivity contribution in [3.05, 3.63) is 75.8 Å². The summed E-state index contributed by atoms with van der Waals surface area (Å²) in [4.78, 5) is 3.41. The molecule has 0 saturated carbocycles. The molecule has 1 aliphatic rings. The van der Waals surface area contributed by atoms with Crippen LogP contribution in [0.15, 0.2) is 75.0 Å². The molecule has 43 heavy (non-hydrogen) atoms. The van der Waals surface area contributed by atoms with Crippen molar-refractivity contribution in [2.45, 2.75) is 37.0 Å². The standard InChI is InChI=1S/C22H19N6S4.C7H8O3S/c1-4-12(10-17-27(3)15-8-6-13-19(21(15)29-17)25-31-23-13)11-18-28(5-2)16-9-7-14-20(22(16)30-18)26-32-24-14;1-6-2-4-7(5-3-6)11(8,9)10/h6-11H,4-5H2,1-3H3;2-5H,1H3,(H,8,9,10)/q+1;/p-1. The molecule has 0 aliphatic carbocycles. The Bertz CT molecular complexity index is 2150. The largest absolute Gasteiger partial charge is 0.744 e. The molecule has 9 nitrogen and oxygen atoms in total. The molecule has 0 unspecified atom stereocenters. The molecule has 0 fully saturated rings. The second-order valence-electron chi connectivity index (χ2n) is 9.76. The molecule has 3 aromatic carbocycles. The fraction of sp³-hybridized carbons (Fsp3) is 0.207. The molecule has 3 aromatic heterocycles. The number of hydrogen-bond acceptors (Lipinski definition) is 12. The monoisotopic (exact) mass is 666 g/mol. The second-order valence-corrected chi connectivity index (χ2v) is 14.3. The molecule has 14 heteroatoms. The Kier molecular flexibility index (Phi) is 8.33. The molecule has 220 valence electrons. The van der Waals surface area contributed by atoms with Gasteiger partial charge in [0.25, 0.3) is 5.01 Å². The first-order valence-electron chi connectivity index (χ1n) is 13.4. The highest BCUT2D eigenvalue weighted by Gasteiger charge is 2.27. The van der Waals surface area contributed by atoms with Gasteiger partial charge < -0.3 is 9.45 Å². The molecule has 1 aliphatic heterocycles. The van der Waals surface area contributed by atoms with Crippen LogP contribution in [0.25, 0.3) is 38.4 Å². The summed E-state index contributed by atoms with van der Waals surface area (Å²) in [7, 11) is -2.14. The lowest BCUT2D eigenvalue weighted by atomic mass is 10.2. The van der Waals surface area contributed by atoms with Gasteiger partial charge >= 0.3 is 0 Å². The molecular weight excluding hydrogens is 641 g/mol. The van der Waals surface area contributed by atoms with Crippen LogP contribution in [-0.4, -0.2) is 37.0 Å². The average molecular weight is 667 g/mol. The SMILES string of the molecule is CCC(=Cc1sc2c3nsnc3ccc2[n+]1C)C=C1Sc2c(ccc3nsnc23)N1CC.Cc1ccc(S(=O)(=O)[O-])cc1. The third-order valence-corrected chi connectivity index (χ3v) is 11.3. The van der Waals surface area contributed by atoms with Crippen LogP contribution in [0.4, 0.5) is 5.69 Å². The smallest absolute Gasteiger partial charge is 0.262 e. The fourth-order valence-electron chi connectivity index (χ4n) is 4.71. The van der Waals surface area contributed by atoms with E-state index in [0.29, 0.717) is 0 Å². The summed E-state index contributed by atoms with van der Waals surface area (Å²) in [6, 6.07) is 14.2. The number of aromatic nitrogens is 5. The van der Waals surface area contributed by atoms with Crippen LogP contribution in [0, 0.1) is 6.92 Å². The fourth-order valence-corrected chi connectivity index (χ4v) is 8.88. The zero-order valence-corrected chi connectivity index (χ0v) is 27.7. The van der Waals surface area contributed by atoms with Gasteiger partial charge in [0, 0.05) is 18.7 Å². The van der Waals surface area contributed by atoms with Gasteiger partial charge in [-0.15, -0.1) is 0 Å². The second kappa shape index (κ2) is 12.0. The number of nitrogens with zero attached hydrogens (tertiary/aromatic N) is 6. The van der Waals surface area contributed by atoms with Gasteiger partial charge in [-0.3, -0.25) is 0 Å². The van der Waals surface area contributed by atoms with Crippen molar-refractivity contribution < 1.29 is 17.5 Å². The van der Waals surface area contributed by atoms with E-state index in [1.165, 1.54) is 72.0 Å². The van der Waals surface area contributed by atoms with Crippen molar-refractivity contribution in [3.8, 4) is 0 Å². The Balaban J connectivity index is 0.000000254. The Morgan fingerprint density at radius 2 is 1.63 bits per heavy atom. The highest BCUT2D eigenvalue weighted by molar-refractivity contribution is 8.04. The van der Waals surface area contributed by atoms with E-state index in [4.69, 9.17) is 0 Å². The predicted octanol–water partition coefficient (Wildman–Crippen LogP) is 6.90. The number of hydrogen-bond donors (Lipinski definition) is 0. The lowest BCUT2D eigenvalue weighted by Crippen LogP contribution is -2.29. The third-order valence-electron chi connectivity index (χ3n) is 7.04. The first kappa shape index (κ1) is 29.8. The number of aryl methyl sites for hydroxylation is 2. The summed E-state index contributed by atoms with van der Waals surface area (Å²) < 4.78 is 52.5. The zero-order valence-electron chi connectivity index (χ0n) is 23.6. The van der Waals surface area contributed by atoms with Crippen molar-refractivity contribution in [2.75, 3.05) is 11.4 Å². The maximum absolute atomic E-state index is 10.4. The molecule has 4 heterocycles. The van der Waals surface area contributed by atoms with Gasteiger partial charge in [0.1, 0.15) is 43.9 Å². The van der Waals surface area contributed by atoms with E-state index in [1.54, 1.807) is 35.2 Å². The van der Waals surface area contributed by atoms with E-state index in [1.807, 2.05) is 6.92 Å². The normalized spacial score (nSPS) is 14.6. The van der Waals surface area contributed by atoms with Crippen LogP contribution in [-0.2, 0) is 17.2 Å². The van der Waals surface area contributed by atoms with E-state index in [2.05, 4.69) is 84.3 Å². The van der Waals surface area contributed by atoms with Gasteiger partial charge in [-0.05, 0) is 62.2 Å². The van der Waals surface area contributed by atoms with Gasteiger partial charge in [0.05, 0.1) is 44.0 Å². The number of thiazole rings is 1. The van der Waals surface area contributed by atoms with Crippen LogP contribution in [0.1, 0.15) is 30.8 Å². The minimum Gasteiger partial charge on any atom is -0.744 e. The summed E-state index contributed by atoms with van der Waals surface area (Å²) in [6.07, 6.45) is 5.58. The Labute approximate surface area is 265 Å².